The maximum Gasteiger partial charge on any atom is 0.411 e. The number of benzene rings is 1. The van der Waals surface area contributed by atoms with Gasteiger partial charge in [-0.3, -0.25) is 0 Å². The van der Waals surface area contributed by atoms with Gasteiger partial charge in [0, 0.05) is 17.0 Å². The molecule has 3 N–H and O–H groups in total. The molecule has 21 heavy (non-hydrogen) atoms. The largest absolute Gasteiger partial charge is 0.497 e. The lowest BCUT2D eigenvalue weighted by molar-refractivity contribution is -0.176. The molecule has 0 saturated heterocycles. The zero-order chi connectivity index (χ0) is 15.5. The number of nitrogens with one attached hydrogen (secondary N) is 1. The fourth-order valence-electron chi connectivity index (χ4n) is 1.83. The highest BCUT2D eigenvalue weighted by Crippen LogP contribution is 2.25. The molecule has 0 unspecified atom stereocenters. The molecule has 8 heteroatoms. The third-order valence-electron chi connectivity index (χ3n) is 2.76. The van der Waals surface area contributed by atoms with Crippen LogP contribution in [0.2, 0.25) is 0 Å². The van der Waals surface area contributed by atoms with E-state index in [0.29, 0.717) is 16.8 Å². The van der Waals surface area contributed by atoms with E-state index in [1.165, 1.54) is 7.11 Å². The summed E-state index contributed by atoms with van der Waals surface area (Å²) in [7, 11) is 1.53. The molecule has 114 valence electrons. The molecule has 1 aromatic carbocycles. The summed E-state index contributed by atoms with van der Waals surface area (Å²) in [6.07, 6.45) is -4.37. The van der Waals surface area contributed by atoms with Crippen LogP contribution in [-0.2, 0) is 11.3 Å². The van der Waals surface area contributed by atoms with E-state index in [0.717, 1.165) is 5.39 Å². The number of nitrogens with two attached hydrogens (primary N) is 1. The van der Waals surface area contributed by atoms with Crippen molar-refractivity contribution in [1.29, 1.82) is 0 Å². The minimum Gasteiger partial charge on any atom is -0.497 e. The molecule has 0 fully saturated rings. The highest BCUT2D eigenvalue weighted by atomic mass is 19.4. The quantitative estimate of drug-likeness (QED) is 0.656. The van der Waals surface area contributed by atoms with E-state index >= 15 is 0 Å². The van der Waals surface area contributed by atoms with Crippen molar-refractivity contribution in [2.45, 2.75) is 12.8 Å². The molecule has 0 amide bonds. The molecule has 0 spiro atoms. The topological polar surface area (TPSA) is 69.4 Å². The van der Waals surface area contributed by atoms with Gasteiger partial charge in [0.05, 0.1) is 19.2 Å². The fraction of sp³-hybridized carbons (Fsp3) is 0.308. The third kappa shape index (κ3) is 3.96. The molecule has 0 bridgehead atoms. The van der Waals surface area contributed by atoms with Gasteiger partial charge in [0.15, 0.2) is 0 Å². The second-order valence-electron chi connectivity index (χ2n) is 4.31. The summed E-state index contributed by atoms with van der Waals surface area (Å²) in [6.45, 7) is -1.56. The number of ether oxygens (including phenoxy) is 2. The van der Waals surface area contributed by atoms with E-state index in [4.69, 9.17) is 10.6 Å². The average Bonchev–Trinajstić information content (AvgIpc) is 2.44. The smallest absolute Gasteiger partial charge is 0.411 e. The van der Waals surface area contributed by atoms with Crippen LogP contribution in [0.15, 0.2) is 24.3 Å². The monoisotopic (exact) mass is 301 g/mol. The Labute approximate surface area is 118 Å². The summed E-state index contributed by atoms with van der Waals surface area (Å²) >= 11 is 0. The highest BCUT2D eigenvalue weighted by Gasteiger charge is 2.27. The van der Waals surface area contributed by atoms with Gasteiger partial charge in [-0.25, -0.2) is 10.8 Å². The van der Waals surface area contributed by atoms with Crippen molar-refractivity contribution in [1.82, 2.24) is 4.98 Å². The lowest BCUT2D eigenvalue weighted by Gasteiger charge is -2.12. The van der Waals surface area contributed by atoms with Gasteiger partial charge in [-0.05, 0) is 18.2 Å². The standard InChI is InChI=1S/C13H14F3N3O2/c1-20-10-3-2-8-4-9(6-21-7-13(14,15)16)12(19-17)18-11(8)5-10/h2-5H,6-7,17H2,1H3,(H,18,19). The number of halogens is 3. The van der Waals surface area contributed by atoms with Crippen LogP contribution >= 0.6 is 0 Å². The zero-order valence-corrected chi connectivity index (χ0v) is 11.2. The first-order chi connectivity index (χ1) is 9.93. The molecule has 5 nitrogen and oxygen atoms in total. The summed E-state index contributed by atoms with van der Waals surface area (Å²) in [6, 6.07) is 6.87. The fourth-order valence-corrected chi connectivity index (χ4v) is 1.83. The number of fused-ring (bicyclic) bond motifs is 1. The third-order valence-corrected chi connectivity index (χ3v) is 2.76. The predicted octanol–water partition coefficient (Wildman–Crippen LogP) is 2.61. The first-order valence-corrected chi connectivity index (χ1v) is 6.02. The number of nitrogen functional groups attached to an aromatic ring is 1. The normalized spacial score (nSPS) is 11.7. The molecule has 1 heterocycles. The van der Waals surface area contributed by atoms with Gasteiger partial charge in [-0.2, -0.15) is 13.2 Å². The molecular formula is C13H14F3N3O2. The second kappa shape index (κ2) is 6.15. The van der Waals surface area contributed by atoms with Crippen molar-refractivity contribution in [3.63, 3.8) is 0 Å². The highest BCUT2D eigenvalue weighted by molar-refractivity contribution is 5.83. The Bertz CT molecular complexity index is 632. The Kier molecular flexibility index (Phi) is 4.49. The molecule has 0 aliphatic heterocycles. The minimum absolute atomic E-state index is 0.242. The van der Waals surface area contributed by atoms with Crippen LogP contribution in [0, 0.1) is 0 Å². The Morgan fingerprint density at radius 2 is 2.05 bits per heavy atom. The van der Waals surface area contributed by atoms with Gasteiger partial charge in [-0.15, -0.1) is 0 Å². The maximum absolute atomic E-state index is 12.1. The Morgan fingerprint density at radius 3 is 2.67 bits per heavy atom. The average molecular weight is 301 g/mol. The van der Waals surface area contributed by atoms with Crippen molar-refractivity contribution in [2.24, 2.45) is 5.84 Å². The van der Waals surface area contributed by atoms with Gasteiger partial charge in [0.2, 0.25) is 0 Å². The van der Waals surface area contributed by atoms with Gasteiger partial charge in [-0.1, -0.05) is 0 Å². The van der Waals surface area contributed by atoms with Crippen LogP contribution < -0.4 is 16.0 Å². The molecule has 0 aliphatic carbocycles. The van der Waals surface area contributed by atoms with Crippen LogP contribution in [-0.4, -0.2) is 24.9 Å². The van der Waals surface area contributed by atoms with Gasteiger partial charge in [0.1, 0.15) is 18.2 Å². The van der Waals surface area contributed by atoms with Crippen molar-refractivity contribution >= 4 is 16.7 Å². The SMILES string of the molecule is COc1ccc2cc(COCC(F)(F)F)c(NN)nc2c1. The lowest BCUT2D eigenvalue weighted by Crippen LogP contribution is -2.18. The van der Waals surface area contributed by atoms with Gasteiger partial charge < -0.3 is 14.9 Å². The van der Waals surface area contributed by atoms with E-state index in [-0.39, 0.29) is 12.4 Å². The molecule has 2 aromatic rings. The first kappa shape index (κ1) is 15.3. The van der Waals surface area contributed by atoms with Crippen molar-refractivity contribution in [2.75, 3.05) is 19.1 Å². The van der Waals surface area contributed by atoms with E-state index in [1.807, 2.05) is 0 Å². The molecule has 2 rings (SSSR count). The number of aromatic nitrogens is 1. The van der Waals surface area contributed by atoms with E-state index in [1.54, 1.807) is 24.3 Å². The molecule has 0 atom stereocenters. The molecule has 0 saturated carbocycles. The Hall–Kier alpha value is -2.06. The number of methoxy groups -OCH3 is 1. The lowest BCUT2D eigenvalue weighted by atomic mass is 10.1. The van der Waals surface area contributed by atoms with Gasteiger partial charge >= 0.3 is 6.18 Å². The van der Waals surface area contributed by atoms with Crippen molar-refractivity contribution in [3.8, 4) is 5.75 Å². The summed E-state index contributed by atoms with van der Waals surface area (Å²) in [4.78, 5) is 4.24. The zero-order valence-electron chi connectivity index (χ0n) is 11.2. The molecule has 0 radical (unpaired) electrons. The van der Waals surface area contributed by atoms with Crippen LogP contribution in [0.4, 0.5) is 19.0 Å². The summed E-state index contributed by atoms with van der Waals surface area (Å²) in [5, 5.41) is 0.750. The van der Waals surface area contributed by atoms with Crippen LogP contribution in [0.3, 0.4) is 0 Å². The Balaban J connectivity index is 2.26. The van der Waals surface area contributed by atoms with E-state index in [9.17, 15) is 13.2 Å². The summed E-state index contributed by atoms with van der Waals surface area (Å²) in [5.41, 5.74) is 3.42. The van der Waals surface area contributed by atoms with Crippen molar-refractivity contribution < 1.29 is 22.6 Å². The van der Waals surface area contributed by atoms with Crippen LogP contribution in [0.5, 0.6) is 5.75 Å². The first-order valence-electron chi connectivity index (χ1n) is 6.02. The van der Waals surface area contributed by atoms with Gasteiger partial charge in [0.25, 0.3) is 0 Å². The summed E-state index contributed by atoms with van der Waals surface area (Å²) < 4.78 is 46.0. The minimum atomic E-state index is -4.37. The maximum atomic E-state index is 12.1. The molecule has 0 aliphatic rings. The van der Waals surface area contributed by atoms with E-state index < -0.39 is 12.8 Å². The molecular weight excluding hydrogens is 287 g/mol. The molecule has 1 aromatic heterocycles. The number of pyridine rings is 1. The predicted molar refractivity (Wildman–Crippen MR) is 71.8 cm³/mol. The number of alkyl halides is 3. The number of hydrogen-bond acceptors (Lipinski definition) is 5. The number of hydrazine groups is 1. The Morgan fingerprint density at radius 1 is 1.29 bits per heavy atom. The van der Waals surface area contributed by atoms with Crippen molar-refractivity contribution in [3.05, 3.63) is 29.8 Å². The number of rotatable bonds is 5. The number of hydrogen-bond donors (Lipinski definition) is 2. The number of anilines is 1. The number of nitrogens with zero attached hydrogens (tertiary/aromatic N) is 1. The van der Waals surface area contributed by atoms with Crippen LogP contribution in [0.25, 0.3) is 10.9 Å². The second-order valence-corrected chi connectivity index (χ2v) is 4.31. The summed E-state index contributed by atoms with van der Waals surface area (Å²) in [5.74, 6) is 6.23. The van der Waals surface area contributed by atoms with Crippen LogP contribution in [0.1, 0.15) is 5.56 Å². The van der Waals surface area contributed by atoms with E-state index in [2.05, 4.69) is 15.1 Å².